The van der Waals surface area contributed by atoms with Gasteiger partial charge >= 0.3 is 6.36 Å². The maximum Gasteiger partial charge on any atom is 0.573 e. The van der Waals surface area contributed by atoms with E-state index in [1.54, 1.807) is 0 Å². The van der Waals surface area contributed by atoms with Crippen molar-refractivity contribution in [3.8, 4) is 5.75 Å². The van der Waals surface area contributed by atoms with Crippen LogP contribution < -0.4 is 10.2 Å². The Morgan fingerprint density at radius 3 is 2.80 bits per heavy atom. The van der Waals surface area contributed by atoms with Crippen LogP contribution in [0.5, 0.6) is 5.75 Å². The van der Waals surface area contributed by atoms with Crippen LogP contribution in [0.15, 0.2) is 29.3 Å². The molecule has 1 aliphatic rings. The van der Waals surface area contributed by atoms with E-state index in [2.05, 4.69) is 9.73 Å². The van der Waals surface area contributed by atoms with Crippen molar-refractivity contribution >= 4 is 11.8 Å². The van der Waals surface area contributed by atoms with E-state index in [1.807, 2.05) is 0 Å². The van der Waals surface area contributed by atoms with Gasteiger partial charge in [-0.25, -0.2) is 10.5 Å². The molecule has 0 aliphatic carbocycles. The molecule has 9 heteroatoms. The largest absolute Gasteiger partial charge is 0.573 e. The highest BCUT2D eigenvalue weighted by atomic mass is 19.4. The van der Waals surface area contributed by atoms with Crippen molar-refractivity contribution in [3.63, 3.8) is 0 Å². The zero-order valence-electron chi connectivity index (χ0n) is 9.85. The number of rotatable bonds is 3. The summed E-state index contributed by atoms with van der Waals surface area (Å²) in [7, 11) is 0. The molecule has 0 saturated carbocycles. The van der Waals surface area contributed by atoms with Crippen molar-refractivity contribution < 1.29 is 32.6 Å². The summed E-state index contributed by atoms with van der Waals surface area (Å²) in [5.74, 6) is -1.45. The van der Waals surface area contributed by atoms with Gasteiger partial charge in [-0.2, -0.15) is 0 Å². The van der Waals surface area contributed by atoms with E-state index in [4.69, 9.17) is 9.94 Å². The molecule has 0 bridgehead atoms. The summed E-state index contributed by atoms with van der Waals surface area (Å²) in [4.78, 5) is 14.9. The average Bonchev–Trinajstić information content (AvgIpc) is 2.86. The van der Waals surface area contributed by atoms with Gasteiger partial charge in [-0.05, 0) is 12.1 Å². The first-order valence-corrected chi connectivity index (χ1v) is 5.40. The number of ether oxygens (including phenoxy) is 2. The van der Waals surface area contributed by atoms with Crippen LogP contribution in [0.25, 0.3) is 0 Å². The molecular weight excluding hydrogens is 281 g/mol. The lowest BCUT2D eigenvalue weighted by molar-refractivity contribution is -0.274. The molecule has 0 aromatic heterocycles. The van der Waals surface area contributed by atoms with Crippen molar-refractivity contribution in [1.82, 2.24) is 5.48 Å². The number of benzene rings is 1. The number of carbonyl (C=O) groups excluding carboxylic acids is 1. The number of para-hydroxylation sites is 1. The van der Waals surface area contributed by atoms with Crippen molar-refractivity contribution in [2.75, 3.05) is 6.61 Å². The lowest BCUT2D eigenvalue weighted by atomic mass is 10.2. The van der Waals surface area contributed by atoms with Crippen LogP contribution in [0.2, 0.25) is 0 Å². The Labute approximate surface area is 110 Å². The molecule has 2 N–H and O–H groups in total. The molecule has 1 aromatic rings. The highest BCUT2D eigenvalue weighted by Crippen LogP contribution is 2.28. The molecule has 0 unspecified atom stereocenters. The van der Waals surface area contributed by atoms with Gasteiger partial charge < -0.3 is 9.47 Å². The Morgan fingerprint density at radius 2 is 2.15 bits per heavy atom. The van der Waals surface area contributed by atoms with Gasteiger partial charge in [0.2, 0.25) is 5.90 Å². The average molecular weight is 290 g/mol. The van der Waals surface area contributed by atoms with E-state index >= 15 is 0 Å². The second kappa shape index (κ2) is 5.37. The number of amides is 1. The molecule has 1 atom stereocenters. The van der Waals surface area contributed by atoms with Crippen LogP contribution in [-0.2, 0) is 9.53 Å². The predicted octanol–water partition coefficient (Wildman–Crippen LogP) is 1.24. The number of carbonyl (C=O) groups is 1. The monoisotopic (exact) mass is 290 g/mol. The van der Waals surface area contributed by atoms with Crippen LogP contribution in [0.4, 0.5) is 13.2 Å². The van der Waals surface area contributed by atoms with Gasteiger partial charge in [0, 0.05) is 0 Å². The third-order valence-corrected chi connectivity index (χ3v) is 2.41. The molecule has 1 aliphatic heterocycles. The van der Waals surface area contributed by atoms with Gasteiger partial charge in [-0.15, -0.1) is 13.2 Å². The molecule has 0 radical (unpaired) electrons. The molecule has 0 fully saturated rings. The molecule has 1 aromatic carbocycles. The number of alkyl halides is 3. The van der Waals surface area contributed by atoms with Gasteiger partial charge in [0.1, 0.15) is 12.4 Å². The number of hydroxylamine groups is 1. The minimum Gasteiger partial charge on any atom is -0.475 e. The predicted molar refractivity (Wildman–Crippen MR) is 59.3 cm³/mol. The molecule has 0 saturated heterocycles. The zero-order valence-corrected chi connectivity index (χ0v) is 9.85. The summed E-state index contributed by atoms with van der Waals surface area (Å²) in [6.07, 6.45) is -4.85. The van der Waals surface area contributed by atoms with Crippen LogP contribution in [0.3, 0.4) is 0 Å². The number of aliphatic imine (C=N–C) groups is 1. The molecule has 0 spiro atoms. The Morgan fingerprint density at radius 1 is 1.45 bits per heavy atom. The maximum absolute atomic E-state index is 12.3. The molecule has 1 amide bonds. The van der Waals surface area contributed by atoms with Crippen molar-refractivity contribution in [2.45, 2.75) is 12.4 Å². The van der Waals surface area contributed by atoms with E-state index in [0.717, 1.165) is 6.07 Å². The van der Waals surface area contributed by atoms with E-state index in [-0.39, 0.29) is 18.1 Å². The number of nitrogens with zero attached hydrogens (tertiary/aromatic N) is 1. The molecule has 20 heavy (non-hydrogen) atoms. The SMILES string of the molecule is O=C(NO)[C@H]1COC(c2ccccc2OC(F)(F)F)=N1. The Kier molecular flexibility index (Phi) is 3.79. The van der Waals surface area contributed by atoms with E-state index in [9.17, 15) is 18.0 Å². The summed E-state index contributed by atoms with van der Waals surface area (Å²) in [5, 5.41) is 8.46. The maximum atomic E-state index is 12.3. The molecule has 2 rings (SSSR count). The fourth-order valence-electron chi connectivity index (χ4n) is 1.59. The third-order valence-electron chi connectivity index (χ3n) is 2.41. The standard InChI is InChI=1S/C11H9F3N2O4/c12-11(13,14)20-8-4-2-1-3-6(8)10-15-7(5-19-10)9(17)16-18/h1-4,7,18H,5H2,(H,16,17)/t7-/m1/s1. The fourth-order valence-corrected chi connectivity index (χ4v) is 1.59. The summed E-state index contributed by atoms with van der Waals surface area (Å²) in [6.45, 7) is -0.178. The summed E-state index contributed by atoms with van der Waals surface area (Å²) >= 11 is 0. The molecule has 108 valence electrons. The van der Waals surface area contributed by atoms with Gasteiger partial charge in [0.25, 0.3) is 5.91 Å². The lowest BCUT2D eigenvalue weighted by Crippen LogP contribution is -2.31. The van der Waals surface area contributed by atoms with Gasteiger partial charge in [0.05, 0.1) is 5.56 Å². The zero-order chi connectivity index (χ0) is 14.8. The second-order valence-electron chi connectivity index (χ2n) is 3.78. The first-order chi connectivity index (χ1) is 9.40. The Balaban J connectivity index is 2.28. The van der Waals surface area contributed by atoms with Crippen molar-refractivity contribution in [2.24, 2.45) is 4.99 Å². The van der Waals surface area contributed by atoms with E-state index in [0.29, 0.717) is 0 Å². The highest BCUT2D eigenvalue weighted by Gasteiger charge is 2.34. The second-order valence-corrected chi connectivity index (χ2v) is 3.78. The van der Waals surface area contributed by atoms with E-state index in [1.165, 1.54) is 23.7 Å². The molecule has 6 nitrogen and oxygen atoms in total. The van der Waals surface area contributed by atoms with Crippen molar-refractivity contribution in [1.29, 1.82) is 0 Å². The minimum absolute atomic E-state index is 0.0296. The molecule has 1 heterocycles. The Hall–Kier alpha value is -2.29. The summed E-state index contributed by atoms with van der Waals surface area (Å²) < 4.78 is 45.7. The highest BCUT2D eigenvalue weighted by molar-refractivity contribution is 6.00. The number of nitrogens with one attached hydrogen (secondary N) is 1. The number of halogens is 3. The summed E-state index contributed by atoms with van der Waals surface area (Å²) in [6, 6.07) is 4.24. The van der Waals surface area contributed by atoms with Gasteiger partial charge in [-0.1, -0.05) is 12.1 Å². The Bertz CT molecular complexity index is 545. The van der Waals surface area contributed by atoms with Crippen LogP contribution in [0, 0.1) is 0 Å². The van der Waals surface area contributed by atoms with Gasteiger partial charge in [0.15, 0.2) is 6.04 Å². The lowest BCUT2D eigenvalue weighted by Gasteiger charge is -2.12. The van der Waals surface area contributed by atoms with Crippen molar-refractivity contribution in [3.05, 3.63) is 29.8 Å². The third kappa shape index (κ3) is 3.18. The smallest absolute Gasteiger partial charge is 0.475 e. The van der Waals surface area contributed by atoms with Crippen LogP contribution in [0.1, 0.15) is 5.56 Å². The quantitative estimate of drug-likeness (QED) is 0.648. The topological polar surface area (TPSA) is 80.2 Å². The summed E-state index contributed by atoms with van der Waals surface area (Å²) in [5.41, 5.74) is 1.36. The first-order valence-electron chi connectivity index (χ1n) is 5.40. The first kappa shape index (κ1) is 14.1. The minimum atomic E-state index is -4.85. The van der Waals surface area contributed by atoms with Gasteiger partial charge in [-0.3, -0.25) is 10.0 Å². The van der Waals surface area contributed by atoms with Crippen LogP contribution >= 0.6 is 0 Å². The fraction of sp³-hybridized carbons (Fsp3) is 0.273. The van der Waals surface area contributed by atoms with Crippen LogP contribution in [-0.4, -0.2) is 36.0 Å². The normalized spacial score (nSPS) is 18.2. The van der Waals surface area contributed by atoms with E-state index < -0.39 is 24.1 Å². The molecular formula is C11H9F3N2O4. The number of hydrogen-bond acceptors (Lipinski definition) is 5. The number of hydrogen-bond donors (Lipinski definition) is 2.